The summed E-state index contributed by atoms with van der Waals surface area (Å²) < 4.78 is 0. The van der Waals surface area contributed by atoms with Gasteiger partial charge in [0.2, 0.25) is 0 Å². The highest BCUT2D eigenvalue weighted by molar-refractivity contribution is 7.80. The number of unbranched alkanes of at least 4 members (excludes halogenated alkanes) is 2. The van der Waals surface area contributed by atoms with Gasteiger partial charge in [-0.05, 0) is 67.1 Å². The third-order valence-electron chi connectivity index (χ3n) is 4.56. The lowest BCUT2D eigenvalue weighted by Crippen LogP contribution is -2.47. The van der Waals surface area contributed by atoms with Crippen LogP contribution in [0.1, 0.15) is 67.4 Å². The maximum Gasteiger partial charge on any atom is 0.269 e. The minimum atomic E-state index is -0.148. The number of amides is 1. The summed E-state index contributed by atoms with van der Waals surface area (Å²) in [5, 5.41) is 3.63. The Kier molecular flexibility index (Phi) is 7.50. The predicted octanol–water partition coefficient (Wildman–Crippen LogP) is 3.50. The Hall–Kier alpha value is -1.62. The molecule has 4 nitrogen and oxygen atoms in total. The van der Waals surface area contributed by atoms with Crippen LogP contribution in [-0.4, -0.2) is 17.6 Å². The third-order valence-corrected chi connectivity index (χ3v) is 4.81. The number of thiocarbonyl (C=S) groups is 1. The molecular weight excluding hydrogens is 318 g/mol. The molecule has 24 heavy (non-hydrogen) atoms. The van der Waals surface area contributed by atoms with E-state index in [1.807, 2.05) is 12.1 Å². The van der Waals surface area contributed by atoms with Gasteiger partial charge in [-0.2, -0.15) is 0 Å². The number of hydrogen-bond acceptors (Lipinski definition) is 2. The number of nitrogens with one attached hydrogen (secondary N) is 3. The van der Waals surface area contributed by atoms with E-state index in [0.29, 0.717) is 16.6 Å². The van der Waals surface area contributed by atoms with E-state index in [2.05, 4.69) is 36.1 Å². The summed E-state index contributed by atoms with van der Waals surface area (Å²) in [7, 11) is 0. The second-order valence-corrected chi connectivity index (χ2v) is 7.14. The molecule has 0 radical (unpaired) electrons. The van der Waals surface area contributed by atoms with E-state index >= 15 is 0 Å². The Morgan fingerprint density at radius 3 is 2.79 bits per heavy atom. The second kappa shape index (κ2) is 9.62. The van der Waals surface area contributed by atoms with Gasteiger partial charge < -0.3 is 5.32 Å². The molecule has 0 heterocycles. The smallest absolute Gasteiger partial charge is 0.269 e. The van der Waals surface area contributed by atoms with Gasteiger partial charge in [-0.25, -0.2) is 0 Å². The number of aryl methyl sites for hydroxylation is 2. The van der Waals surface area contributed by atoms with Gasteiger partial charge >= 0.3 is 0 Å². The van der Waals surface area contributed by atoms with E-state index in [1.54, 1.807) is 0 Å². The van der Waals surface area contributed by atoms with E-state index in [4.69, 9.17) is 12.2 Å². The minimum Gasteiger partial charge on any atom is -0.361 e. The largest absolute Gasteiger partial charge is 0.361 e. The molecule has 0 aromatic heterocycles. The van der Waals surface area contributed by atoms with Crippen LogP contribution in [0.15, 0.2) is 18.2 Å². The van der Waals surface area contributed by atoms with Crippen molar-refractivity contribution < 1.29 is 4.79 Å². The second-order valence-electron chi connectivity index (χ2n) is 6.73. The fourth-order valence-electron chi connectivity index (χ4n) is 3.05. The summed E-state index contributed by atoms with van der Waals surface area (Å²) in [6, 6.07) is 5.94. The van der Waals surface area contributed by atoms with Crippen molar-refractivity contribution in [1.82, 2.24) is 16.2 Å². The molecule has 132 valence electrons. The Labute approximate surface area is 150 Å². The summed E-state index contributed by atoms with van der Waals surface area (Å²) in [5.41, 5.74) is 8.81. The number of carbonyl (C=O) groups is 1. The zero-order valence-corrected chi connectivity index (χ0v) is 15.6. The summed E-state index contributed by atoms with van der Waals surface area (Å²) in [6.45, 7) is 5.25. The van der Waals surface area contributed by atoms with Crippen molar-refractivity contribution in [3.05, 3.63) is 34.9 Å². The first-order chi connectivity index (χ1) is 11.6. The average molecular weight is 348 g/mol. The van der Waals surface area contributed by atoms with Gasteiger partial charge in [0.05, 0.1) is 0 Å². The van der Waals surface area contributed by atoms with Gasteiger partial charge in [0, 0.05) is 12.1 Å². The number of carbonyl (C=O) groups excluding carboxylic acids is 1. The van der Waals surface area contributed by atoms with E-state index < -0.39 is 0 Å². The quantitative estimate of drug-likeness (QED) is 0.401. The van der Waals surface area contributed by atoms with Crippen LogP contribution in [0.5, 0.6) is 0 Å². The highest BCUT2D eigenvalue weighted by Gasteiger charge is 2.14. The normalized spacial score (nSPS) is 13.9. The molecule has 1 aromatic carbocycles. The summed E-state index contributed by atoms with van der Waals surface area (Å²) in [5.74, 6) is 0.425. The number of hydrogen-bond donors (Lipinski definition) is 3. The molecule has 1 aromatic rings. The molecule has 3 N–H and O–H groups in total. The average Bonchev–Trinajstić information content (AvgIpc) is 3.05. The van der Waals surface area contributed by atoms with Crippen LogP contribution in [0.2, 0.25) is 0 Å². The zero-order valence-electron chi connectivity index (χ0n) is 14.8. The fourth-order valence-corrected chi connectivity index (χ4v) is 3.19. The van der Waals surface area contributed by atoms with Gasteiger partial charge in [-0.3, -0.25) is 15.6 Å². The lowest BCUT2D eigenvalue weighted by atomic mass is 10.0. The first kappa shape index (κ1) is 18.7. The molecule has 0 saturated carbocycles. The fraction of sp³-hybridized carbons (Fsp3) is 0.579. The summed E-state index contributed by atoms with van der Waals surface area (Å²) in [4.78, 5) is 12.2. The van der Waals surface area contributed by atoms with Crippen molar-refractivity contribution in [2.24, 2.45) is 5.92 Å². The topological polar surface area (TPSA) is 53.2 Å². The molecular formula is C19H29N3OS. The summed E-state index contributed by atoms with van der Waals surface area (Å²) >= 11 is 5.22. The molecule has 0 fully saturated rings. The van der Waals surface area contributed by atoms with Gasteiger partial charge in [0.1, 0.15) is 0 Å². The van der Waals surface area contributed by atoms with E-state index in [9.17, 15) is 4.79 Å². The van der Waals surface area contributed by atoms with Crippen LogP contribution in [0.4, 0.5) is 0 Å². The molecule has 1 amide bonds. The molecule has 0 saturated heterocycles. The van der Waals surface area contributed by atoms with Crippen LogP contribution in [-0.2, 0) is 12.8 Å². The SMILES string of the molecule is CCCCC[C@H](C)CNC(=S)NNC(=O)c1ccc2c(c1)CCC2. The molecule has 5 heteroatoms. The highest BCUT2D eigenvalue weighted by atomic mass is 32.1. The van der Waals surface area contributed by atoms with Crippen molar-refractivity contribution in [1.29, 1.82) is 0 Å². The predicted molar refractivity (Wildman–Crippen MR) is 103 cm³/mol. The van der Waals surface area contributed by atoms with Gasteiger partial charge in [-0.1, -0.05) is 39.2 Å². The van der Waals surface area contributed by atoms with E-state index in [-0.39, 0.29) is 5.91 Å². The Bertz CT molecular complexity index is 574. The molecule has 2 rings (SSSR count). The number of fused-ring (bicyclic) bond motifs is 1. The zero-order chi connectivity index (χ0) is 17.4. The van der Waals surface area contributed by atoms with Crippen molar-refractivity contribution in [2.75, 3.05) is 6.54 Å². The molecule has 1 aliphatic carbocycles. The van der Waals surface area contributed by atoms with Crippen molar-refractivity contribution in [3.8, 4) is 0 Å². The van der Waals surface area contributed by atoms with Crippen LogP contribution in [0, 0.1) is 5.92 Å². The third kappa shape index (κ3) is 5.78. The highest BCUT2D eigenvalue weighted by Crippen LogP contribution is 2.22. The maximum atomic E-state index is 12.2. The molecule has 1 atom stereocenters. The molecule has 1 aliphatic rings. The molecule has 0 aliphatic heterocycles. The van der Waals surface area contributed by atoms with E-state index in [1.165, 1.54) is 43.2 Å². The van der Waals surface area contributed by atoms with Crippen molar-refractivity contribution in [3.63, 3.8) is 0 Å². The Morgan fingerprint density at radius 2 is 2.00 bits per heavy atom. The Balaban J connectivity index is 1.68. The first-order valence-electron chi connectivity index (χ1n) is 9.06. The van der Waals surface area contributed by atoms with Gasteiger partial charge in [0.25, 0.3) is 5.91 Å². The van der Waals surface area contributed by atoms with Crippen LogP contribution < -0.4 is 16.2 Å². The Morgan fingerprint density at radius 1 is 1.21 bits per heavy atom. The van der Waals surface area contributed by atoms with Crippen molar-refractivity contribution in [2.45, 2.75) is 58.8 Å². The monoisotopic (exact) mass is 347 g/mol. The number of rotatable bonds is 7. The van der Waals surface area contributed by atoms with Crippen LogP contribution in [0.25, 0.3) is 0 Å². The lowest BCUT2D eigenvalue weighted by Gasteiger charge is -2.15. The maximum absolute atomic E-state index is 12.2. The standard InChI is InChI=1S/C19H29N3OS/c1-3-4-5-7-14(2)13-20-19(24)22-21-18(23)17-11-10-15-8-6-9-16(15)12-17/h10-12,14H,3-9,13H2,1-2H3,(H,21,23)(H2,20,22,24)/t14-/m0/s1. The number of benzene rings is 1. The molecule has 0 unspecified atom stereocenters. The lowest BCUT2D eigenvalue weighted by molar-refractivity contribution is 0.0943. The minimum absolute atomic E-state index is 0.148. The summed E-state index contributed by atoms with van der Waals surface area (Å²) in [6.07, 6.45) is 8.36. The number of hydrazine groups is 1. The van der Waals surface area contributed by atoms with E-state index in [0.717, 1.165) is 19.4 Å². The van der Waals surface area contributed by atoms with Crippen LogP contribution >= 0.6 is 12.2 Å². The molecule has 0 spiro atoms. The first-order valence-corrected chi connectivity index (χ1v) is 9.47. The molecule has 0 bridgehead atoms. The van der Waals surface area contributed by atoms with Crippen LogP contribution in [0.3, 0.4) is 0 Å². The van der Waals surface area contributed by atoms with Crippen molar-refractivity contribution >= 4 is 23.2 Å². The van der Waals surface area contributed by atoms with Gasteiger partial charge in [-0.15, -0.1) is 0 Å². The van der Waals surface area contributed by atoms with Gasteiger partial charge in [0.15, 0.2) is 5.11 Å².